The third-order valence-corrected chi connectivity index (χ3v) is 3.43. The van der Waals surface area contributed by atoms with E-state index in [1.54, 1.807) is 0 Å². The highest BCUT2D eigenvalue weighted by Crippen LogP contribution is 2.28. The van der Waals surface area contributed by atoms with E-state index in [2.05, 4.69) is 29.2 Å². The van der Waals surface area contributed by atoms with E-state index in [0.717, 1.165) is 10.8 Å². The summed E-state index contributed by atoms with van der Waals surface area (Å²) in [5, 5.41) is 10.8. The molecule has 0 aromatic carbocycles. The molecular formula is C7H12IO-. The highest BCUT2D eigenvalue weighted by Gasteiger charge is 2.17. The Kier molecular flexibility index (Phi) is 3.54. The summed E-state index contributed by atoms with van der Waals surface area (Å²) in [6.07, 6.45) is 0.887. The smallest absolute Gasteiger partial charge is 0.00779 e. The molecule has 0 saturated heterocycles. The molecule has 0 aliphatic rings. The number of alkyl halides is 1. The highest BCUT2D eigenvalue weighted by atomic mass is 127. The van der Waals surface area contributed by atoms with Crippen LogP contribution in [-0.2, 0) is 0 Å². The average Bonchev–Trinajstić information content (AvgIpc) is 1.86. The molecule has 0 rings (SSSR count). The van der Waals surface area contributed by atoms with Crippen molar-refractivity contribution in [2.45, 2.75) is 20.3 Å². The second-order valence-electron chi connectivity index (χ2n) is 2.47. The normalized spacial score (nSPS) is 16.8. The van der Waals surface area contributed by atoms with Crippen molar-refractivity contribution >= 4 is 22.6 Å². The van der Waals surface area contributed by atoms with Crippen molar-refractivity contribution in [3.63, 3.8) is 0 Å². The van der Waals surface area contributed by atoms with E-state index in [4.69, 9.17) is 0 Å². The van der Waals surface area contributed by atoms with Crippen LogP contribution in [0.3, 0.4) is 0 Å². The molecule has 2 heteroatoms. The fraction of sp³-hybridized carbons (Fsp3) is 0.714. The van der Waals surface area contributed by atoms with Crippen LogP contribution in [0.4, 0.5) is 0 Å². The maximum absolute atomic E-state index is 10.8. The fourth-order valence-electron chi connectivity index (χ4n) is 0.366. The minimum absolute atomic E-state index is 0.0550. The molecule has 0 aromatic rings. The summed E-state index contributed by atoms with van der Waals surface area (Å²) in [4.78, 5) is 0. The van der Waals surface area contributed by atoms with Crippen LogP contribution in [0.1, 0.15) is 20.3 Å². The standard InChI is InChI=1S/C7H13IO/c1-4-7(3,5-8)6(2)9/h9H,2,4-5H2,1,3H3/p-1. The lowest BCUT2D eigenvalue weighted by Crippen LogP contribution is -2.27. The van der Waals surface area contributed by atoms with Gasteiger partial charge in [0.05, 0.1) is 0 Å². The van der Waals surface area contributed by atoms with Gasteiger partial charge in [0.2, 0.25) is 0 Å². The van der Waals surface area contributed by atoms with Crippen molar-refractivity contribution in [3.8, 4) is 0 Å². The van der Waals surface area contributed by atoms with Gasteiger partial charge in [-0.25, -0.2) is 0 Å². The molecule has 0 saturated carbocycles. The van der Waals surface area contributed by atoms with Gasteiger partial charge in [0.15, 0.2) is 0 Å². The number of hydrogen-bond acceptors (Lipinski definition) is 1. The van der Waals surface area contributed by atoms with Gasteiger partial charge in [-0.15, -0.1) is 12.3 Å². The molecule has 0 amide bonds. The van der Waals surface area contributed by atoms with Crippen LogP contribution >= 0.6 is 22.6 Å². The molecule has 0 fully saturated rings. The van der Waals surface area contributed by atoms with Crippen molar-refractivity contribution in [2.24, 2.45) is 5.41 Å². The van der Waals surface area contributed by atoms with Crippen LogP contribution in [0.25, 0.3) is 0 Å². The molecule has 0 aliphatic heterocycles. The van der Waals surface area contributed by atoms with Crippen LogP contribution in [0.2, 0.25) is 0 Å². The maximum Gasteiger partial charge on any atom is 0.00779 e. The molecule has 0 aromatic heterocycles. The SMILES string of the molecule is C=C([O-])C(C)(CC)CI. The average molecular weight is 239 g/mol. The Morgan fingerprint density at radius 2 is 2.22 bits per heavy atom. The van der Waals surface area contributed by atoms with Gasteiger partial charge in [-0.1, -0.05) is 36.4 Å². The third-order valence-electron chi connectivity index (χ3n) is 1.75. The molecule has 0 N–H and O–H groups in total. The van der Waals surface area contributed by atoms with Gasteiger partial charge in [-0.2, -0.15) is 0 Å². The first-order valence-electron chi connectivity index (χ1n) is 2.99. The Hall–Kier alpha value is 0.270. The monoisotopic (exact) mass is 239 g/mol. The van der Waals surface area contributed by atoms with Gasteiger partial charge in [0, 0.05) is 4.43 Å². The summed E-state index contributed by atoms with van der Waals surface area (Å²) in [5.41, 5.74) is -0.180. The number of allylic oxidation sites excluding steroid dienone is 1. The number of rotatable bonds is 3. The van der Waals surface area contributed by atoms with Crippen LogP contribution in [0.15, 0.2) is 12.3 Å². The quantitative estimate of drug-likeness (QED) is 0.417. The van der Waals surface area contributed by atoms with Gasteiger partial charge < -0.3 is 5.11 Å². The fourth-order valence-corrected chi connectivity index (χ4v) is 1.33. The molecule has 0 heterocycles. The Balaban J connectivity index is 4.09. The van der Waals surface area contributed by atoms with E-state index in [-0.39, 0.29) is 11.2 Å². The van der Waals surface area contributed by atoms with Crippen LogP contribution in [0, 0.1) is 5.41 Å². The van der Waals surface area contributed by atoms with Gasteiger partial charge >= 0.3 is 0 Å². The van der Waals surface area contributed by atoms with Crippen molar-refractivity contribution in [1.82, 2.24) is 0 Å². The van der Waals surface area contributed by atoms with E-state index < -0.39 is 0 Å². The third kappa shape index (κ3) is 2.16. The lowest BCUT2D eigenvalue weighted by molar-refractivity contribution is -0.322. The van der Waals surface area contributed by atoms with E-state index in [1.807, 2.05) is 13.8 Å². The van der Waals surface area contributed by atoms with Crippen molar-refractivity contribution < 1.29 is 5.11 Å². The first-order chi connectivity index (χ1) is 4.06. The lowest BCUT2D eigenvalue weighted by atomic mass is 9.89. The van der Waals surface area contributed by atoms with E-state index in [0.29, 0.717) is 0 Å². The Bertz CT molecular complexity index is 105. The zero-order valence-corrected chi connectivity index (χ0v) is 8.07. The van der Waals surface area contributed by atoms with Gasteiger partial charge in [0.25, 0.3) is 0 Å². The predicted octanol–water partition coefficient (Wildman–Crippen LogP) is 1.71. The van der Waals surface area contributed by atoms with E-state index >= 15 is 0 Å². The predicted molar refractivity (Wildman–Crippen MR) is 46.4 cm³/mol. The number of halogens is 1. The number of hydrogen-bond donors (Lipinski definition) is 0. The van der Waals surface area contributed by atoms with Gasteiger partial charge in [-0.05, 0) is 11.8 Å². The zero-order chi connectivity index (χ0) is 7.49. The molecule has 0 radical (unpaired) electrons. The van der Waals surface area contributed by atoms with Crippen molar-refractivity contribution in [3.05, 3.63) is 12.3 Å². The molecule has 1 unspecified atom stereocenters. The van der Waals surface area contributed by atoms with Gasteiger partial charge in [0.1, 0.15) is 0 Å². The minimum atomic E-state index is -0.180. The Morgan fingerprint density at radius 3 is 2.22 bits per heavy atom. The molecule has 0 spiro atoms. The summed E-state index contributed by atoms with van der Waals surface area (Å²) >= 11 is 2.22. The zero-order valence-electron chi connectivity index (χ0n) is 5.91. The van der Waals surface area contributed by atoms with E-state index in [1.165, 1.54) is 0 Å². The second kappa shape index (κ2) is 3.44. The van der Waals surface area contributed by atoms with Crippen molar-refractivity contribution in [1.29, 1.82) is 0 Å². The van der Waals surface area contributed by atoms with Gasteiger partial charge in [-0.3, -0.25) is 0 Å². The summed E-state index contributed by atoms with van der Waals surface area (Å²) in [5.74, 6) is 0.0550. The minimum Gasteiger partial charge on any atom is -0.875 e. The Morgan fingerprint density at radius 1 is 1.78 bits per heavy atom. The summed E-state index contributed by atoms with van der Waals surface area (Å²) in [6, 6.07) is 0. The Labute approximate surface area is 70.3 Å². The molecule has 54 valence electrons. The highest BCUT2D eigenvalue weighted by molar-refractivity contribution is 14.1. The summed E-state index contributed by atoms with van der Waals surface area (Å²) in [6.45, 7) is 7.38. The topological polar surface area (TPSA) is 23.1 Å². The first-order valence-corrected chi connectivity index (χ1v) is 4.51. The summed E-state index contributed by atoms with van der Waals surface area (Å²) < 4.78 is 0.865. The molecule has 9 heavy (non-hydrogen) atoms. The van der Waals surface area contributed by atoms with Crippen molar-refractivity contribution in [2.75, 3.05) is 4.43 Å². The molecular weight excluding hydrogens is 227 g/mol. The first kappa shape index (κ1) is 9.27. The second-order valence-corrected chi connectivity index (χ2v) is 3.23. The molecule has 1 nitrogen and oxygen atoms in total. The van der Waals surface area contributed by atoms with Crippen LogP contribution in [0.5, 0.6) is 0 Å². The molecule has 0 bridgehead atoms. The molecule has 1 atom stereocenters. The largest absolute Gasteiger partial charge is 0.875 e. The van der Waals surface area contributed by atoms with Crippen LogP contribution < -0.4 is 5.11 Å². The van der Waals surface area contributed by atoms with E-state index in [9.17, 15) is 5.11 Å². The molecule has 0 aliphatic carbocycles. The van der Waals surface area contributed by atoms with Crippen LogP contribution in [-0.4, -0.2) is 4.43 Å². The maximum atomic E-state index is 10.8. The summed E-state index contributed by atoms with van der Waals surface area (Å²) in [7, 11) is 0. The lowest BCUT2D eigenvalue weighted by Gasteiger charge is -2.32.